The molecule has 1 fully saturated rings. The van der Waals surface area contributed by atoms with Crippen LogP contribution >= 0.6 is 0 Å². The predicted molar refractivity (Wildman–Crippen MR) is 143 cm³/mol. The average molecular weight is 514 g/mol. The second kappa shape index (κ2) is 10.4. The van der Waals surface area contributed by atoms with Crippen molar-refractivity contribution < 1.29 is 18.7 Å². The number of hydrogen-bond donors (Lipinski definition) is 3. The van der Waals surface area contributed by atoms with E-state index in [4.69, 9.17) is 4.74 Å². The molecule has 2 aromatic heterocycles. The second-order valence-electron chi connectivity index (χ2n) is 9.26. The highest BCUT2D eigenvalue weighted by Gasteiger charge is 2.32. The first-order valence-electron chi connectivity index (χ1n) is 12.5. The molecule has 2 aliphatic rings. The molecule has 0 aliphatic carbocycles. The fourth-order valence-corrected chi connectivity index (χ4v) is 5.13. The Morgan fingerprint density at radius 3 is 2.97 bits per heavy atom. The molecule has 0 bridgehead atoms. The molecule has 1 aromatic carbocycles. The molecule has 9 heteroatoms. The van der Waals surface area contributed by atoms with Gasteiger partial charge in [-0.25, -0.2) is 4.39 Å². The highest BCUT2D eigenvalue weighted by molar-refractivity contribution is 6.06. The lowest BCUT2D eigenvalue weighted by Gasteiger charge is -2.23. The van der Waals surface area contributed by atoms with Crippen molar-refractivity contribution in [3.8, 4) is 28.8 Å². The number of aromatic amines is 1. The van der Waals surface area contributed by atoms with Gasteiger partial charge < -0.3 is 25.3 Å². The Hall–Kier alpha value is -4.58. The number of ether oxygens (including phenoxy) is 1. The van der Waals surface area contributed by atoms with Crippen LogP contribution in [0.2, 0.25) is 0 Å². The van der Waals surface area contributed by atoms with E-state index in [1.807, 2.05) is 13.0 Å². The number of para-hydroxylation sites is 1. The van der Waals surface area contributed by atoms with Crippen LogP contribution in [0.4, 0.5) is 15.8 Å². The Morgan fingerprint density at radius 2 is 2.18 bits per heavy atom. The summed E-state index contributed by atoms with van der Waals surface area (Å²) in [6.07, 6.45) is 6.87. The Labute approximate surface area is 220 Å². The van der Waals surface area contributed by atoms with Crippen LogP contribution in [0.5, 0.6) is 5.75 Å². The molecule has 2 atom stereocenters. The number of carbonyl (C=O) groups excluding carboxylic acids is 2. The molecule has 5 rings (SSSR count). The third-order valence-corrected chi connectivity index (χ3v) is 6.96. The van der Waals surface area contributed by atoms with E-state index in [0.717, 1.165) is 24.1 Å². The molecule has 8 nitrogen and oxygen atoms in total. The summed E-state index contributed by atoms with van der Waals surface area (Å²) in [4.78, 5) is 34.8. The number of aromatic nitrogens is 2. The van der Waals surface area contributed by atoms with E-state index in [2.05, 4.69) is 39.0 Å². The number of benzene rings is 1. The minimum atomic E-state index is -0.521. The van der Waals surface area contributed by atoms with E-state index in [9.17, 15) is 14.0 Å². The maximum atomic E-state index is 14.5. The summed E-state index contributed by atoms with van der Waals surface area (Å²) in [7, 11) is 1.39. The molecule has 4 heterocycles. The van der Waals surface area contributed by atoms with Crippen molar-refractivity contribution in [2.75, 3.05) is 19.0 Å². The molecule has 3 N–H and O–H groups in total. The number of fused-ring (bicyclic) bond motifs is 1. The molecular formula is C29H28FN5O3. The number of anilines is 2. The van der Waals surface area contributed by atoms with Crippen molar-refractivity contribution in [3.63, 3.8) is 0 Å². The quantitative estimate of drug-likeness (QED) is 0.351. The van der Waals surface area contributed by atoms with Crippen LogP contribution in [-0.2, 0) is 11.2 Å². The van der Waals surface area contributed by atoms with Gasteiger partial charge in [-0.2, -0.15) is 0 Å². The first-order valence-corrected chi connectivity index (χ1v) is 12.5. The lowest BCUT2D eigenvalue weighted by molar-refractivity contribution is -0.127. The molecule has 0 radical (unpaired) electrons. The minimum absolute atomic E-state index is 0.0432. The highest BCUT2D eigenvalue weighted by atomic mass is 19.1. The van der Waals surface area contributed by atoms with Gasteiger partial charge in [0.05, 0.1) is 41.3 Å². The van der Waals surface area contributed by atoms with Crippen LogP contribution in [0.3, 0.4) is 0 Å². The Morgan fingerprint density at radius 1 is 1.34 bits per heavy atom. The van der Waals surface area contributed by atoms with Crippen molar-refractivity contribution in [1.82, 2.24) is 20.2 Å². The van der Waals surface area contributed by atoms with E-state index in [0.29, 0.717) is 41.2 Å². The maximum absolute atomic E-state index is 14.5. The molecule has 1 saturated heterocycles. The fraction of sp³-hybridized carbons (Fsp3) is 0.276. The Kier molecular flexibility index (Phi) is 6.88. The van der Waals surface area contributed by atoms with Gasteiger partial charge in [0.25, 0.3) is 5.91 Å². The monoisotopic (exact) mass is 513 g/mol. The molecule has 0 saturated carbocycles. The zero-order chi connectivity index (χ0) is 26.8. The first kappa shape index (κ1) is 25.1. The number of H-pyrrole nitrogens is 1. The van der Waals surface area contributed by atoms with Crippen LogP contribution in [0.15, 0.2) is 49.3 Å². The van der Waals surface area contributed by atoms with E-state index in [1.165, 1.54) is 19.3 Å². The first-order chi connectivity index (χ1) is 18.4. The molecule has 2 amide bonds. The number of amides is 2. The van der Waals surface area contributed by atoms with Gasteiger partial charge in [0, 0.05) is 42.7 Å². The number of likely N-dealkylation sites (tertiary alicyclic amines) is 1. The van der Waals surface area contributed by atoms with Crippen LogP contribution in [0, 0.1) is 17.7 Å². The van der Waals surface area contributed by atoms with Gasteiger partial charge in [-0.3, -0.25) is 14.6 Å². The maximum Gasteiger partial charge on any atom is 0.255 e. The van der Waals surface area contributed by atoms with Gasteiger partial charge in [-0.1, -0.05) is 24.5 Å². The fourth-order valence-electron chi connectivity index (χ4n) is 5.13. The van der Waals surface area contributed by atoms with Crippen LogP contribution < -0.4 is 15.4 Å². The molecular weight excluding hydrogens is 485 g/mol. The summed E-state index contributed by atoms with van der Waals surface area (Å²) in [6.45, 7) is 6.13. The minimum Gasteiger partial charge on any atom is -0.492 e. The number of hydrogen-bond acceptors (Lipinski definition) is 5. The van der Waals surface area contributed by atoms with Gasteiger partial charge in [-0.15, -0.1) is 0 Å². The number of halogens is 1. The summed E-state index contributed by atoms with van der Waals surface area (Å²) in [5.41, 5.74) is 4.09. The Bertz CT molecular complexity index is 1490. The summed E-state index contributed by atoms with van der Waals surface area (Å²) in [5.74, 6) is 5.63. The SMILES string of the molecule is C=CC(=O)N1[C@H](C)CC[C@@H]1C#Cc1cnccc1-c1[nH]c2c(c1Nc1cccc(F)c1OC)C(=O)NCC2. The summed E-state index contributed by atoms with van der Waals surface area (Å²) in [5, 5.41) is 6.12. The van der Waals surface area contributed by atoms with Gasteiger partial charge in [-0.05, 0) is 44.0 Å². The van der Waals surface area contributed by atoms with Crippen molar-refractivity contribution in [2.45, 2.75) is 38.3 Å². The van der Waals surface area contributed by atoms with E-state index >= 15 is 0 Å². The lowest BCUT2D eigenvalue weighted by atomic mass is 10.0. The number of pyridine rings is 1. The third-order valence-electron chi connectivity index (χ3n) is 6.96. The van der Waals surface area contributed by atoms with Gasteiger partial charge >= 0.3 is 0 Å². The molecule has 38 heavy (non-hydrogen) atoms. The van der Waals surface area contributed by atoms with E-state index in [1.54, 1.807) is 29.4 Å². The van der Waals surface area contributed by atoms with Crippen LogP contribution in [-0.4, -0.2) is 52.4 Å². The second-order valence-corrected chi connectivity index (χ2v) is 9.26. The zero-order valence-corrected chi connectivity index (χ0v) is 21.2. The number of nitrogens with zero attached hydrogens (tertiary/aromatic N) is 2. The standard InChI is InChI=1S/C29H28FN5O3/c1-4-24(36)35-17(2)8-10-19(35)11-9-18-16-31-14-12-20(18)26-27(25-22(33-26)13-15-32-29(25)37)34-23-7-5-6-21(30)28(23)38-3/h4-7,12,14,16-17,19,33-34H,1,8,10,13,15H2,2-3H3,(H,32,37)/t17-,19-/m1/s1. The number of rotatable bonds is 5. The van der Waals surface area contributed by atoms with Gasteiger partial charge in [0.15, 0.2) is 11.6 Å². The number of nitrogens with one attached hydrogen (secondary N) is 3. The smallest absolute Gasteiger partial charge is 0.255 e. The zero-order valence-electron chi connectivity index (χ0n) is 21.2. The van der Waals surface area contributed by atoms with E-state index < -0.39 is 5.82 Å². The number of methoxy groups -OCH3 is 1. The van der Waals surface area contributed by atoms with E-state index in [-0.39, 0.29) is 29.6 Å². The predicted octanol–water partition coefficient (Wildman–Crippen LogP) is 4.17. The lowest BCUT2D eigenvalue weighted by Crippen LogP contribution is -2.38. The summed E-state index contributed by atoms with van der Waals surface area (Å²) >= 11 is 0. The van der Waals surface area contributed by atoms with Crippen molar-refractivity contribution in [1.29, 1.82) is 0 Å². The van der Waals surface area contributed by atoms with Crippen LogP contribution in [0.1, 0.15) is 41.4 Å². The molecule has 194 valence electrons. The normalized spacial score (nSPS) is 18.2. The van der Waals surface area contributed by atoms with Crippen molar-refractivity contribution in [2.24, 2.45) is 0 Å². The molecule has 0 unspecified atom stereocenters. The summed E-state index contributed by atoms with van der Waals surface area (Å²) < 4.78 is 19.7. The van der Waals surface area contributed by atoms with Crippen molar-refractivity contribution in [3.05, 3.63) is 72.0 Å². The van der Waals surface area contributed by atoms with Gasteiger partial charge in [0.2, 0.25) is 5.91 Å². The summed E-state index contributed by atoms with van der Waals surface area (Å²) in [6, 6.07) is 6.23. The third kappa shape index (κ3) is 4.50. The molecule has 0 spiro atoms. The Balaban J connectivity index is 1.61. The highest BCUT2D eigenvalue weighted by Crippen LogP contribution is 2.40. The van der Waals surface area contributed by atoms with Crippen LogP contribution in [0.25, 0.3) is 11.3 Å². The average Bonchev–Trinajstić information content (AvgIpc) is 3.48. The largest absolute Gasteiger partial charge is 0.492 e. The number of carbonyl (C=O) groups is 2. The van der Waals surface area contributed by atoms with Gasteiger partial charge in [0.1, 0.15) is 0 Å². The van der Waals surface area contributed by atoms with Crippen molar-refractivity contribution >= 4 is 23.2 Å². The molecule has 3 aromatic rings. The topological polar surface area (TPSA) is 99.3 Å². The molecule has 2 aliphatic heterocycles.